The summed E-state index contributed by atoms with van der Waals surface area (Å²) >= 11 is 0. The summed E-state index contributed by atoms with van der Waals surface area (Å²) in [6, 6.07) is 3.84. The van der Waals surface area contributed by atoms with Crippen LogP contribution >= 0.6 is 0 Å². The highest BCUT2D eigenvalue weighted by Gasteiger charge is 2.65. The number of sulfone groups is 2. The number of hydrogen-bond donors (Lipinski definition) is 0. The van der Waals surface area contributed by atoms with Crippen molar-refractivity contribution in [3.63, 3.8) is 0 Å². The summed E-state index contributed by atoms with van der Waals surface area (Å²) in [6.07, 6.45) is 1.40. The van der Waals surface area contributed by atoms with E-state index in [0.717, 1.165) is 11.0 Å². The molecule has 0 saturated carbocycles. The third-order valence-electron chi connectivity index (χ3n) is 4.04. The number of hydrogen-bond acceptors (Lipinski definition) is 7. The molecule has 1 heterocycles. The fraction of sp³-hybridized carbons (Fsp3) is 0.467. The maximum atomic E-state index is 12.9. The molecule has 0 fully saturated rings. The summed E-state index contributed by atoms with van der Waals surface area (Å²) in [5.41, 5.74) is -0.116. The van der Waals surface area contributed by atoms with Gasteiger partial charge in [0, 0.05) is 24.6 Å². The zero-order valence-corrected chi connectivity index (χ0v) is 15.9. The van der Waals surface area contributed by atoms with Crippen molar-refractivity contribution in [3.8, 4) is 0 Å². The van der Waals surface area contributed by atoms with Gasteiger partial charge in [-0.05, 0) is 32.0 Å². The van der Waals surface area contributed by atoms with Gasteiger partial charge in [-0.3, -0.25) is 4.79 Å². The molecule has 1 aromatic carbocycles. The number of carbonyl (C=O) groups is 2. The first kappa shape index (κ1) is 19.4. The number of nitrogens with zero attached hydrogens (tertiary/aromatic N) is 1. The topological polar surface area (TPSA) is 115 Å². The van der Waals surface area contributed by atoms with Crippen LogP contribution in [-0.2, 0) is 33.3 Å². The van der Waals surface area contributed by atoms with Gasteiger partial charge in [0.05, 0.1) is 17.9 Å². The van der Waals surface area contributed by atoms with Gasteiger partial charge in [0.2, 0.25) is 0 Å². The Morgan fingerprint density at radius 1 is 1.12 bits per heavy atom. The van der Waals surface area contributed by atoms with Crippen LogP contribution in [0.3, 0.4) is 0 Å². The Morgan fingerprint density at radius 2 is 1.68 bits per heavy atom. The average molecular weight is 389 g/mol. The molecule has 0 unspecified atom stereocenters. The SMILES string of the molecule is CCOC(=O)c1ccc2c(c1)C(S(C)(=O)=O)(S(C)(=O)=O)C(=O)N2CC. The normalized spacial score (nSPS) is 16.6. The Kier molecular flexibility index (Phi) is 4.73. The first-order chi connectivity index (χ1) is 11.4. The van der Waals surface area contributed by atoms with Crippen molar-refractivity contribution >= 4 is 37.2 Å². The first-order valence-corrected chi connectivity index (χ1v) is 11.2. The molecule has 25 heavy (non-hydrogen) atoms. The number of benzene rings is 1. The van der Waals surface area contributed by atoms with Crippen LogP contribution in [0.4, 0.5) is 5.69 Å². The van der Waals surface area contributed by atoms with Crippen LogP contribution in [-0.4, -0.2) is 54.4 Å². The molecule has 1 aliphatic rings. The van der Waals surface area contributed by atoms with E-state index in [9.17, 15) is 26.4 Å². The number of likely N-dealkylation sites (N-methyl/N-ethyl adjacent to an activating group) is 1. The maximum Gasteiger partial charge on any atom is 0.338 e. The van der Waals surface area contributed by atoms with Gasteiger partial charge in [0.25, 0.3) is 9.99 Å². The summed E-state index contributed by atoms with van der Waals surface area (Å²) < 4.78 is 52.1. The lowest BCUT2D eigenvalue weighted by molar-refractivity contribution is -0.118. The Hall–Kier alpha value is -1.94. The predicted octanol–water partition coefficient (Wildman–Crippen LogP) is 0.472. The third-order valence-corrected chi connectivity index (χ3v) is 8.73. The highest BCUT2D eigenvalue weighted by molar-refractivity contribution is 8.10. The molecule has 138 valence electrons. The highest BCUT2D eigenvalue weighted by atomic mass is 32.3. The largest absolute Gasteiger partial charge is 0.462 e. The number of amides is 1. The van der Waals surface area contributed by atoms with E-state index in [0.29, 0.717) is 12.5 Å². The van der Waals surface area contributed by atoms with E-state index in [4.69, 9.17) is 4.74 Å². The Balaban J connectivity index is 2.93. The van der Waals surface area contributed by atoms with Gasteiger partial charge >= 0.3 is 5.97 Å². The minimum absolute atomic E-state index is 0.0250. The maximum absolute atomic E-state index is 12.9. The molecule has 0 N–H and O–H groups in total. The molecule has 10 heteroatoms. The van der Waals surface area contributed by atoms with E-state index < -0.39 is 35.6 Å². The molecule has 0 saturated heterocycles. The van der Waals surface area contributed by atoms with Gasteiger partial charge in [-0.2, -0.15) is 0 Å². The monoisotopic (exact) mass is 389 g/mol. The summed E-state index contributed by atoms with van der Waals surface area (Å²) in [6.45, 7) is 3.38. The lowest BCUT2D eigenvalue weighted by Crippen LogP contribution is -2.50. The van der Waals surface area contributed by atoms with Crippen LogP contribution in [0.5, 0.6) is 0 Å². The van der Waals surface area contributed by atoms with E-state index in [2.05, 4.69) is 0 Å². The number of anilines is 1. The number of rotatable bonds is 5. The quantitative estimate of drug-likeness (QED) is 0.672. The summed E-state index contributed by atoms with van der Waals surface area (Å²) in [4.78, 5) is 25.9. The minimum Gasteiger partial charge on any atom is -0.462 e. The summed E-state index contributed by atoms with van der Waals surface area (Å²) in [5.74, 6) is -1.79. The molecule has 1 aliphatic heterocycles. The fourth-order valence-electron chi connectivity index (χ4n) is 3.08. The number of carbonyl (C=O) groups excluding carboxylic acids is 2. The van der Waals surface area contributed by atoms with E-state index in [-0.39, 0.29) is 30.0 Å². The second-order valence-corrected chi connectivity index (χ2v) is 10.2. The highest BCUT2D eigenvalue weighted by Crippen LogP contribution is 2.48. The van der Waals surface area contributed by atoms with Gasteiger partial charge in [0.15, 0.2) is 19.7 Å². The second kappa shape index (κ2) is 6.10. The van der Waals surface area contributed by atoms with Crippen molar-refractivity contribution in [1.82, 2.24) is 0 Å². The lowest BCUT2D eigenvalue weighted by atomic mass is 10.1. The molecule has 0 atom stereocenters. The molecule has 8 nitrogen and oxygen atoms in total. The molecule has 0 aromatic heterocycles. The molecule has 2 rings (SSSR count). The van der Waals surface area contributed by atoms with Crippen molar-refractivity contribution in [2.45, 2.75) is 17.9 Å². The Morgan fingerprint density at radius 3 is 2.12 bits per heavy atom. The molecular weight excluding hydrogens is 370 g/mol. The molecule has 0 radical (unpaired) electrons. The van der Waals surface area contributed by atoms with Crippen molar-refractivity contribution in [1.29, 1.82) is 0 Å². The van der Waals surface area contributed by atoms with Crippen molar-refractivity contribution in [3.05, 3.63) is 29.3 Å². The molecular formula is C15H19NO7S2. The van der Waals surface area contributed by atoms with Crippen LogP contribution in [0.2, 0.25) is 0 Å². The zero-order chi connectivity index (χ0) is 19.2. The standard InChI is InChI=1S/C15H19NO7S2/c1-5-16-12-8-7-10(13(17)23-6-2)9-11(12)15(14(16)18,24(3,19)20)25(4,21)22/h7-9H,5-6H2,1-4H3. The van der Waals surface area contributed by atoms with Gasteiger partial charge in [0.1, 0.15) is 0 Å². The van der Waals surface area contributed by atoms with Crippen LogP contribution in [0.1, 0.15) is 29.8 Å². The molecule has 0 spiro atoms. The molecule has 1 amide bonds. The van der Waals surface area contributed by atoms with E-state index >= 15 is 0 Å². The lowest BCUT2D eigenvalue weighted by Gasteiger charge is -2.24. The van der Waals surface area contributed by atoms with Crippen LogP contribution < -0.4 is 4.90 Å². The predicted molar refractivity (Wildman–Crippen MR) is 91.8 cm³/mol. The van der Waals surface area contributed by atoms with Crippen molar-refractivity contribution < 1.29 is 31.2 Å². The van der Waals surface area contributed by atoms with Gasteiger partial charge in [-0.15, -0.1) is 0 Å². The smallest absolute Gasteiger partial charge is 0.338 e. The van der Waals surface area contributed by atoms with Crippen molar-refractivity contribution in [2.24, 2.45) is 0 Å². The van der Waals surface area contributed by atoms with E-state index in [1.807, 2.05) is 0 Å². The van der Waals surface area contributed by atoms with Crippen molar-refractivity contribution in [2.75, 3.05) is 30.6 Å². The fourth-order valence-corrected chi connectivity index (χ4v) is 7.26. The van der Waals surface area contributed by atoms with E-state index in [1.54, 1.807) is 13.8 Å². The molecule has 0 bridgehead atoms. The summed E-state index contributed by atoms with van der Waals surface area (Å²) in [5, 5.41) is 0. The van der Waals surface area contributed by atoms with Gasteiger partial charge < -0.3 is 9.64 Å². The van der Waals surface area contributed by atoms with Crippen LogP contribution in [0.15, 0.2) is 18.2 Å². The third kappa shape index (κ3) is 2.63. The van der Waals surface area contributed by atoms with E-state index in [1.165, 1.54) is 12.1 Å². The summed E-state index contributed by atoms with van der Waals surface area (Å²) in [7, 11) is -8.83. The number of esters is 1. The van der Waals surface area contributed by atoms with Crippen LogP contribution in [0.25, 0.3) is 0 Å². The number of ether oxygens (including phenoxy) is 1. The Labute approximate surface area is 146 Å². The van der Waals surface area contributed by atoms with Gasteiger partial charge in [-0.1, -0.05) is 0 Å². The second-order valence-electron chi connectivity index (χ2n) is 5.66. The Bertz CT molecular complexity index is 916. The molecule has 0 aliphatic carbocycles. The van der Waals surface area contributed by atoms with Gasteiger partial charge in [-0.25, -0.2) is 21.6 Å². The number of fused-ring (bicyclic) bond motifs is 1. The zero-order valence-electron chi connectivity index (χ0n) is 14.3. The average Bonchev–Trinajstić information content (AvgIpc) is 2.74. The van der Waals surface area contributed by atoms with Crippen LogP contribution in [0, 0.1) is 0 Å². The minimum atomic E-state index is -4.41. The molecule has 1 aromatic rings. The first-order valence-electron chi connectivity index (χ1n) is 7.46.